The minimum atomic E-state index is -0.213. The largest absolute Gasteiger partial charge is 0.326 e. The van der Waals surface area contributed by atoms with Crippen molar-refractivity contribution in [3.63, 3.8) is 0 Å². The molecule has 1 aliphatic rings. The Hall–Kier alpha value is -1.91. The van der Waals surface area contributed by atoms with Crippen LogP contribution < -0.4 is 5.32 Å². The van der Waals surface area contributed by atoms with Crippen LogP contribution in [0.1, 0.15) is 24.0 Å². The van der Waals surface area contributed by atoms with Gasteiger partial charge in [0.1, 0.15) is 5.82 Å². The molecule has 2 aromatic carbocycles. The second-order valence-electron chi connectivity index (χ2n) is 6.63. The minimum Gasteiger partial charge on any atom is -0.326 e. The summed E-state index contributed by atoms with van der Waals surface area (Å²) in [6, 6.07) is 12.2. The molecular formula is C20H22ClFN2O. The van der Waals surface area contributed by atoms with Gasteiger partial charge in [0, 0.05) is 23.2 Å². The van der Waals surface area contributed by atoms with Crippen LogP contribution in [0, 0.1) is 18.7 Å². The Balaban J connectivity index is 1.50. The first-order valence-electron chi connectivity index (χ1n) is 8.55. The summed E-state index contributed by atoms with van der Waals surface area (Å²) in [5.74, 6) is -0.138. The van der Waals surface area contributed by atoms with Crippen LogP contribution in [0.5, 0.6) is 0 Å². The average Bonchev–Trinajstić information content (AvgIpc) is 2.61. The lowest BCUT2D eigenvalue weighted by atomic mass is 9.95. The number of rotatable bonds is 4. The third-order valence-corrected chi connectivity index (χ3v) is 5.12. The van der Waals surface area contributed by atoms with Gasteiger partial charge in [-0.25, -0.2) is 4.39 Å². The molecule has 0 aromatic heterocycles. The molecule has 1 heterocycles. The first-order valence-corrected chi connectivity index (χ1v) is 8.93. The molecule has 1 N–H and O–H groups in total. The number of hydrogen-bond acceptors (Lipinski definition) is 2. The van der Waals surface area contributed by atoms with E-state index in [9.17, 15) is 9.18 Å². The number of carbonyl (C=O) groups is 1. The molecule has 0 unspecified atom stereocenters. The van der Waals surface area contributed by atoms with E-state index >= 15 is 0 Å². The Kier molecular flexibility index (Phi) is 5.71. The quantitative estimate of drug-likeness (QED) is 0.861. The zero-order valence-electron chi connectivity index (χ0n) is 14.3. The van der Waals surface area contributed by atoms with E-state index in [1.165, 1.54) is 12.1 Å². The molecule has 1 saturated heterocycles. The predicted octanol–water partition coefficient (Wildman–Crippen LogP) is 4.64. The molecule has 3 nitrogen and oxygen atoms in total. The molecule has 0 aliphatic carbocycles. The highest BCUT2D eigenvalue weighted by atomic mass is 35.5. The van der Waals surface area contributed by atoms with Crippen molar-refractivity contribution in [2.45, 2.75) is 26.3 Å². The van der Waals surface area contributed by atoms with Gasteiger partial charge in [-0.15, -0.1) is 0 Å². The van der Waals surface area contributed by atoms with E-state index in [1.807, 2.05) is 31.2 Å². The summed E-state index contributed by atoms with van der Waals surface area (Å²) in [4.78, 5) is 14.8. The highest BCUT2D eigenvalue weighted by Crippen LogP contribution is 2.23. The highest BCUT2D eigenvalue weighted by molar-refractivity contribution is 6.31. The smallest absolute Gasteiger partial charge is 0.227 e. The average molecular weight is 361 g/mol. The van der Waals surface area contributed by atoms with Crippen LogP contribution in [0.4, 0.5) is 10.1 Å². The van der Waals surface area contributed by atoms with Gasteiger partial charge in [0.25, 0.3) is 0 Å². The summed E-state index contributed by atoms with van der Waals surface area (Å²) < 4.78 is 13.0. The van der Waals surface area contributed by atoms with Crippen molar-refractivity contribution in [3.8, 4) is 0 Å². The van der Waals surface area contributed by atoms with Crippen LogP contribution in [-0.4, -0.2) is 23.9 Å². The Morgan fingerprint density at radius 2 is 1.88 bits per heavy atom. The number of aryl methyl sites for hydroxylation is 1. The fourth-order valence-corrected chi connectivity index (χ4v) is 3.30. The van der Waals surface area contributed by atoms with Gasteiger partial charge in [-0.1, -0.05) is 29.8 Å². The number of halogens is 2. The molecule has 1 aliphatic heterocycles. The molecule has 0 spiro atoms. The molecule has 2 aromatic rings. The summed E-state index contributed by atoms with van der Waals surface area (Å²) in [5.41, 5.74) is 2.83. The van der Waals surface area contributed by atoms with E-state index in [2.05, 4.69) is 10.2 Å². The topological polar surface area (TPSA) is 32.3 Å². The Labute approximate surface area is 152 Å². The molecule has 1 fully saturated rings. The minimum absolute atomic E-state index is 0.0181. The van der Waals surface area contributed by atoms with Crippen molar-refractivity contribution in [1.29, 1.82) is 0 Å². The first kappa shape index (κ1) is 17.9. The summed E-state index contributed by atoms with van der Waals surface area (Å²) in [6.45, 7) is 4.46. The molecule has 3 rings (SSSR count). The number of amides is 1. The molecule has 25 heavy (non-hydrogen) atoms. The summed E-state index contributed by atoms with van der Waals surface area (Å²) in [7, 11) is 0. The number of carbonyl (C=O) groups excluding carboxylic acids is 1. The third-order valence-electron chi connectivity index (χ3n) is 4.72. The standard InChI is InChI=1S/C20H22ClFN2O/c1-14-2-7-18(12-19(14)21)23-20(25)16-8-10-24(11-9-16)13-15-3-5-17(22)6-4-15/h2-7,12,16H,8-11,13H2,1H3,(H,23,25). The third kappa shape index (κ3) is 4.80. The molecule has 0 atom stereocenters. The molecule has 132 valence electrons. The predicted molar refractivity (Wildman–Crippen MR) is 99.2 cm³/mol. The van der Waals surface area contributed by atoms with Gasteiger partial charge >= 0.3 is 0 Å². The Morgan fingerprint density at radius 1 is 1.20 bits per heavy atom. The van der Waals surface area contributed by atoms with Crippen molar-refractivity contribution in [2.75, 3.05) is 18.4 Å². The van der Waals surface area contributed by atoms with Crippen LogP contribution in [0.25, 0.3) is 0 Å². The number of anilines is 1. The van der Waals surface area contributed by atoms with Crippen LogP contribution in [0.3, 0.4) is 0 Å². The molecule has 0 saturated carbocycles. The van der Waals surface area contributed by atoms with Crippen LogP contribution >= 0.6 is 11.6 Å². The second-order valence-corrected chi connectivity index (χ2v) is 7.04. The fraction of sp³-hybridized carbons (Fsp3) is 0.350. The monoisotopic (exact) mass is 360 g/mol. The lowest BCUT2D eigenvalue weighted by molar-refractivity contribution is -0.121. The van der Waals surface area contributed by atoms with Crippen molar-refractivity contribution >= 4 is 23.2 Å². The van der Waals surface area contributed by atoms with Gasteiger partial charge in [0.15, 0.2) is 0 Å². The number of piperidine rings is 1. The van der Waals surface area contributed by atoms with Crippen molar-refractivity contribution in [3.05, 3.63) is 64.4 Å². The summed E-state index contributed by atoms with van der Waals surface area (Å²) in [6.07, 6.45) is 1.65. The Morgan fingerprint density at radius 3 is 2.52 bits per heavy atom. The van der Waals surface area contributed by atoms with Gasteiger partial charge in [-0.2, -0.15) is 0 Å². The van der Waals surface area contributed by atoms with E-state index in [-0.39, 0.29) is 17.6 Å². The number of benzene rings is 2. The molecule has 1 amide bonds. The van der Waals surface area contributed by atoms with Crippen LogP contribution in [0.15, 0.2) is 42.5 Å². The Bertz CT molecular complexity index is 740. The van der Waals surface area contributed by atoms with Gasteiger partial charge in [0.05, 0.1) is 0 Å². The lowest BCUT2D eigenvalue weighted by Crippen LogP contribution is -2.37. The first-order chi connectivity index (χ1) is 12.0. The maximum absolute atomic E-state index is 13.0. The fourth-order valence-electron chi connectivity index (χ4n) is 3.12. The molecule has 0 bridgehead atoms. The van der Waals surface area contributed by atoms with E-state index < -0.39 is 0 Å². The second kappa shape index (κ2) is 7.98. The maximum Gasteiger partial charge on any atom is 0.227 e. The van der Waals surface area contributed by atoms with Gasteiger partial charge in [0.2, 0.25) is 5.91 Å². The number of hydrogen-bond donors (Lipinski definition) is 1. The normalized spacial score (nSPS) is 16.0. The zero-order chi connectivity index (χ0) is 17.8. The van der Waals surface area contributed by atoms with E-state index in [4.69, 9.17) is 11.6 Å². The van der Waals surface area contributed by atoms with E-state index in [0.717, 1.165) is 49.3 Å². The SMILES string of the molecule is Cc1ccc(NC(=O)C2CCN(Cc3ccc(F)cc3)CC2)cc1Cl. The lowest BCUT2D eigenvalue weighted by Gasteiger charge is -2.31. The number of nitrogens with one attached hydrogen (secondary N) is 1. The van der Waals surface area contributed by atoms with Crippen LogP contribution in [0.2, 0.25) is 5.02 Å². The summed E-state index contributed by atoms with van der Waals surface area (Å²) in [5, 5.41) is 3.63. The number of nitrogens with zero attached hydrogens (tertiary/aromatic N) is 1. The van der Waals surface area contributed by atoms with Gasteiger partial charge in [-0.05, 0) is 68.2 Å². The zero-order valence-corrected chi connectivity index (χ0v) is 15.0. The van der Waals surface area contributed by atoms with Crippen molar-refractivity contribution < 1.29 is 9.18 Å². The summed E-state index contributed by atoms with van der Waals surface area (Å²) >= 11 is 6.11. The van der Waals surface area contributed by atoms with Gasteiger partial charge in [-0.3, -0.25) is 9.69 Å². The van der Waals surface area contributed by atoms with Crippen molar-refractivity contribution in [1.82, 2.24) is 4.90 Å². The molecular weight excluding hydrogens is 339 g/mol. The van der Waals surface area contributed by atoms with Gasteiger partial charge < -0.3 is 5.32 Å². The number of likely N-dealkylation sites (tertiary alicyclic amines) is 1. The molecule has 5 heteroatoms. The molecule has 0 radical (unpaired) electrons. The van der Waals surface area contributed by atoms with E-state index in [1.54, 1.807) is 6.07 Å². The highest BCUT2D eigenvalue weighted by Gasteiger charge is 2.25. The van der Waals surface area contributed by atoms with E-state index in [0.29, 0.717) is 5.02 Å². The van der Waals surface area contributed by atoms with Crippen LogP contribution in [-0.2, 0) is 11.3 Å². The maximum atomic E-state index is 13.0. The van der Waals surface area contributed by atoms with Crippen molar-refractivity contribution in [2.24, 2.45) is 5.92 Å².